The molecule has 0 bridgehead atoms. The van der Waals surface area contributed by atoms with Crippen LogP contribution in [0.2, 0.25) is 0 Å². The van der Waals surface area contributed by atoms with E-state index >= 15 is 0 Å². The van der Waals surface area contributed by atoms with Crippen LogP contribution in [0.3, 0.4) is 0 Å². The summed E-state index contributed by atoms with van der Waals surface area (Å²) in [4.78, 5) is 26.4. The molecule has 39 heavy (non-hydrogen) atoms. The maximum atomic E-state index is 13.4. The van der Waals surface area contributed by atoms with Crippen LogP contribution in [0.4, 0.5) is 4.79 Å². The molecule has 7 nitrogen and oxygen atoms in total. The van der Waals surface area contributed by atoms with Crippen molar-refractivity contribution < 1.29 is 23.8 Å². The van der Waals surface area contributed by atoms with Gasteiger partial charge in [-0.1, -0.05) is 87.2 Å². The highest BCUT2D eigenvalue weighted by molar-refractivity contribution is 5.82. The predicted octanol–water partition coefficient (Wildman–Crippen LogP) is 5.91. The standard InChI is InChI=1S/C32H46N2O5/c1-23-17-26-19-25(31(2,3)29(35)33-20-24-11-7-5-8-12-24)15-16-32(26,21-38-22-37-4)28(18-23)39-30(36)34-27-13-9-6-10-14-27/h5,7-8,11-12,15-17,25-28H,6,9-10,13-14,18-22H2,1-4H3,(H,33,35)(H,34,36)/t25-,26+,28+,32+/m1/s1. The van der Waals surface area contributed by atoms with Gasteiger partial charge in [0.1, 0.15) is 12.9 Å². The Bertz CT molecular complexity index is 1030. The molecule has 3 aliphatic rings. The van der Waals surface area contributed by atoms with Crippen molar-refractivity contribution in [3.63, 3.8) is 0 Å². The van der Waals surface area contributed by atoms with E-state index in [-0.39, 0.29) is 42.8 Å². The largest absolute Gasteiger partial charge is 0.445 e. The number of carbonyl (C=O) groups is 2. The third-order valence-electron chi connectivity index (χ3n) is 8.97. The minimum Gasteiger partial charge on any atom is -0.445 e. The van der Waals surface area contributed by atoms with Gasteiger partial charge in [0.15, 0.2) is 0 Å². The Balaban J connectivity index is 1.51. The van der Waals surface area contributed by atoms with E-state index in [1.54, 1.807) is 7.11 Å². The quantitative estimate of drug-likeness (QED) is 0.220. The van der Waals surface area contributed by atoms with Gasteiger partial charge < -0.3 is 24.8 Å². The van der Waals surface area contributed by atoms with Crippen LogP contribution in [-0.2, 0) is 25.5 Å². The van der Waals surface area contributed by atoms with Crippen molar-refractivity contribution in [2.24, 2.45) is 22.7 Å². The second-order valence-electron chi connectivity index (χ2n) is 12.2. The van der Waals surface area contributed by atoms with Gasteiger partial charge in [0, 0.05) is 31.5 Å². The third kappa shape index (κ3) is 7.12. The lowest BCUT2D eigenvalue weighted by molar-refractivity contribution is -0.133. The van der Waals surface area contributed by atoms with E-state index in [9.17, 15) is 9.59 Å². The van der Waals surface area contributed by atoms with Gasteiger partial charge in [0.25, 0.3) is 0 Å². The predicted molar refractivity (Wildman–Crippen MR) is 152 cm³/mol. The number of benzene rings is 1. The molecule has 2 N–H and O–H groups in total. The number of carbonyl (C=O) groups excluding carboxylic acids is 2. The number of ether oxygens (including phenoxy) is 3. The Labute approximate surface area is 233 Å². The first-order valence-electron chi connectivity index (χ1n) is 14.5. The van der Waals surface area contributed by atoms with Crippen LogP contribution < -0.4 is 10.6 Å². The summed E-state index contributed by atoms with van der Waals surface area (Å²) in [6.45, 7) is 7.18. The summed E-state index contributed by atoms with van der Waals surface area (Å²) in [5.74, 6) is 0.111. The molecule has 2 amide bonds. The van der Waals surface area contributed by atoms with Gasteiger partial charge in [-0.3, -0.25) is 4.79 Å². The van der Waals surface area contributed by atoms with Gasteiger partial charge in [-0.2, -0.15) is 0 Å². The summed E-state index contributed by atoms with van der Waals surface area (Å²) >= 11 is 0. The van der Waals surface area contributed by atoms with E-state index in [0.717, 1.165) is 37.7 Å². The first-order chi connectivity index (χ1) is 18.7. The zero-order valence-corrected chi connectivity index (χ0v) is 24.0. The molecular formula is C32H46N2O5. The molecule has 1 saturated carbocycles. The summed E-state index contributed by atoms with van der Waals surface area (Å²) < 4.78 is 17.3. The van der Waals surface area contributed by atoms with E-state index in [2.05, 4.69) is 35.8 Å². The van der Waals surface area contributed by atoms with Gasteiger partial charge >= 0.3 is 6.09 Å². The Morgan fingerprint density at radius 2 is 1.85 bits per heavy atom. The number of fused-ring (bicyclic) bond motifs is 1. The van der Waals surface area contributed by atoms with Crippen molar-refractivity contribution in [3.8, 4) is 0 Å². The molecule has 4 atom stereocenters. The Morgan fingerprint density at radius 3 is 2.56 bits per heavy atom. The molecule has 0 saturated heterocycles. The molecule has 0 unspecified atom stereocenters. The summed E-state index contributed by atoms with van der Waals surface area (Å²) in [5.41, 5.74) is 1.14. The molecule has 3 aliphatic carbocycles. The van der Waals surface area contributed by atoms with Gasteiger partial charge in [-0.25, -0.2) is 4.79 Å². The van der Waals surface area contributed by atoms with E-state index in [0.29, 0.717) is 19.6 Å². The van der Waals surface area contributed by atoms with Gasteiger partial charge in [0.2, 0.25) is 5.91 Å². The number of hydrogen-bond acceptors (Lipinski definition) is 5. The highest BCUT2D eigenvalue weighted by atomic mass is 16.7. The summed E-state index contributed by atoms with van der Waals surface area (Å²) in [7, 11) is 1.61. The molecule has 0 spiro atoms. The van der Waals surface area contributed by atoms with E-state index in [1.165, 1.54) is 12.0 Å². The Morgan fingerprint density at radius 1 is 1.10 bits per heavy atom. The Hall–Kier alpha value is -2.64. The van der Waals surface area contributed by atoms with Crippen LogP contribution in [0, 0.1) is 22.7 Å². The number of hydrogen-bond donors (Lipinski definition) is 2. The molecule has 0 radical (unpaired) electrons. The molecule has 214 valence electrons. The van der Waals surface area contributed by atoms with Crippen molar-refractivity contribution in [3.05, 3.63) is 59.7 Å². The number of rotatable bonds is 10. The first-order valence-corrected chi connectivity index (χ1v) is 14.5. The lowest BCUT2D eigenvalue weighted by Crippen LogP contribution is -2.53. The van der Waals surface area contributed by atoms with Crippen LogP contribution in [0.15, 0.2) is 54.1 Å². The molecular weight excluding hydrogens is 492 g/mol. The third-order valence-corrected chi connectivity index (χ3v) is 8.97. The van der Waals surface area contributed by atoms with Gasteiger partial charge in [-0.15, -0.1) is 0 Å². The summed E-state index contributed by atoms with van der Waals surface area (Å²) in [6, 6.07) is 10.1. The average molecular weight is 539 g/mol. The minimum atomic E-state index is -0.612. The molecule has 1 fully saturated rings. The normalized spacial score (nSPS) is 27.3. The SMILES string of the molecule is COCOC[C@@]12C=C[C@@H](C(C)(C)C(=O)NCc3ccccc3)C[C@@H]1C=C(C)C[C@@H]2OC(=O)NC1CCCCC1. The fraction of sp³-hybridized carbons (Fsp3) is 0.625. The zero-order valence-electron chi connectivity index (χ0n) is 24.0. The number of nitrogens with one attached hydrogen (secondary N) is 2. The van der Waals surface area contributed by atoms with Crippen LogP contribution in [0.25, 0.3) is 0 Å². The molecule has 7 heteroatoms. The highest BCUT2D eigenvalue weighted by Crippen LogP contribution is 2.52. The average Bonchev–Trinajstić information content (AvgIpc) is 2.93. The van der Waals surface area contributed by atoms with E-state index < -0.39 is 10.8 Å². The molecule has 1 aromatic rings. The second-order valence-corrected chi connectivity index (χ2v) is 12.2. The van der Waals surface area contributed by atoms with E-state index in [4.69, 9.17) is 14.2 Å². The first kappa shape index (κ1) is 29.3. The molecule has 0 heterocycles. The van der Waals surface area contributed by atoms with Crippen LogP contribution in [0.5, 0.6) is 0 Å². The van der Waals surface area contributed by atoms with Crippen molar-refractivity contribution in [2.75, 3.05) is 20.5 Å². The fourth-order valence-corrected chi connectivity index (χ4v) is 6.44. The number of amides is 2. The topological polar surface area (TPSA) is 85.9 Å². The lowest BCUT2D eigenvalue weighted by Gasteiger charge is -2.50. The lowest BCUT2D eigenvalue weighted by atomic mass is 9.57. The zero-order chi connectivity index (χ0) is 27.9. The maximum absolute atomic E-state index is 13.4. The Kier molecular flexibility index (Phi) is 9.89. The molecule has 0 aromatic heterocycles. The second kappa shape index (κ2) is 13.1. The minimum absolute atomic E-state index is 0.0210. The van der Waals surface area contributed by atoms with Crippen LogP contribution >= 0.6 is 0 Å². The number of allylic oxidation sites excluding steroid dienone is 2. The van der Waals surface area contributed by atoms with Crippen LogP contribution in [0.1, 0.15) is 71.3 Å². The smallest absolute Gasteiger partial charge is 0.407 e. The van der Waals surface area contributed by atoms with Crippen molar-refractivity contribution >= 4 is 12.0 Å². The monoisotopic (exact) mass is 538 g/mol. The molecule has 1 aromatic carbocycles. The van der Waals surface area contributed by atoms with Crippen molar-refractivity contribution in [1.29, 1.82) is 0 Å². The van der Waals surface area contributed by atoms with Crippen molar-refractivity contribution in [2.45, 2.75) is 84.4 Å². The van der Waals surface area contributed by atoms with E-state index in [1.807, 2.05) is 44.2 Å². The molecule has 4 rings (SSSR count). The summed E-state index contributed by atoms with van der Waals surface area (Å²) in [6.07, 6.45) is 12.9. The number of alkyl carbamates (subject to hydrolysis) is 1. The maximum Gasteiger partial charge on any atom is 0.407 e. The summed E-state index contributed by atoms with van der Waals surface area (Å²) in [5, 5.41) is 6.25. The van der Waals surface area contributed by atoms with Gasteiger partial charge in [-0.05, 0) is 43.6 Å². The highest BCUT2D eigenvalue weighted by Gasteiger charge is 2.52. The molecule has 0 aliphatic heterocycles. The van der Waals surface area contributed by atoms with Crippen molar-refractivity contribution in [1.82, 2.24) is 10.6 Å². The van der Waals surface area contributed by atoms with Gasteiger partial charge in [0.05, 0.1) is 12.0 Å². The van der Waals surface area contributed by atoms with Crippen LogP contribution in [-0.4, -0.2) is 44.7 Å². The fourth-order valence-electron chi connectivity index (χ4n) is 6.44. The number of methoxy groups -OCH3 is 1.